The van der Waals surface area contributed by atoms with Crippen LogP contribution >= 0.6 is 0 Å². The predicted octanol–water partition coefficient (Wildman–Crippen LogP) is 0.277. The molecule has 1 heterocycles. The molecule has 0 aliphatic carbocycles. The zero-order valence-electron chi connectivity index (χ0n) is 8.03. The molecule has 0 saturated carbocycles. The number of rotatable bonds is 0. The fourth-order valence-electron chi connectivity index (χ4n) is 1.31. The molecule has 0 radical (unpaired) electrons. The first-order valence-corrected chi connectivity index (χ1v) is 5.40. The Morgan fingerprint density at radius 2 is 1.67 bits per heavy atom. The molecule has 0 amide bonds. The van der Waals surface area contributed by atoms with Crippen LogP contribution in [0.1, 0.15) is 20.8 Å². The van der Waals surface area contributed by atoms with E-state index in [0.29, 0.717) is 13.1 Å². The van der Waals surface area contributed by atoms with Crippen molar-refractivity contribution in [2.24, 2.45) is 0 Å². The minimum atomic E-state index is -3.16. The van der Waals surface area contributed by atoms with Crippen molar-refractivity contribution in [1.82, 2.24) is 8.61 Å². The first-order valence-electron chi connectivity index (χ1n) is 4.00. The summed E-state index contributed by atoms with van der Waals surface area (Å²) in [6.45, 7) is 6.92. The predicted molar refractivity (Wildman–Crippen MR) is 48.0 cm³/mol. The van der Waals surface area contributed by atoms with Gasteiger partial charge in [-0.25, -0.2) is 0 Å². The molecule has 0 aromatic heterocycles. The van der Waals surface area contributed by atoms with Crippen LogP contribution < -0.4 is 0 Å². The topological polar surface area (TPSA) is 40.6 Å². The van der Waals surface area contributed by atoms with E-state index in [1.807, 2.05) is 20.8 Å². The molecule has 0 atom stereocenters. The third-order valence-corrected chi connectivity index (χ3v) is 4.30. The fraction of sp³-hybridized carbons (Fsp3) is 1.00. The van der Waals surface area contributed by atoms with Gasteiger partial charge in [-0.2, -0.15) is 17.0 Å². The van der Waals surface area contributed by atoms with E-state index in [0.717, 1.165) is 0 Å². The standard InChI is InChI=1S/C7H16N2O2S/c1-7(2,3)9-6-5-8(4)12(9,10)11/h5-6H2,1-4H3. The average molecular weight is 192 g/mol. The number of nitrogens with zero attached hydrogens (tertiary/aromatic N) is 2. The highest BCUT2D eigenvalue weighted by atomic mass is 32.2. The molecule has 1 fully saturated rings. The van der Waals surface area contributed by atoms with Crippen LogP contribution in [0.5, 0.6) is 0 Å². The first kappa shape index (κ1) is 9.95. The van der Waals surface area contributed by atoms with Crippen LogP contribution in [0, 0.1) is 0 Å². The van der Waals surface area contributed by atoms with Gasteiger partial charge in [0.1, 0.15) is 0 Å². The zero-order valence-corrected chi connectivity index (χ0v) is 8.85. The van der Waals surface area contributed by atoms with Gasteiger partial charge >= 0.3 is 0 Å². The van der Waals surface area contributed by atoms with Gasteiger partial charge in [0, 0.05) is 25.7 Å². The summed E-state index contributed by atoms with van der Waals surface area (Å²) in [7, 11) is -1.54. The van der Waals surface area contributed by atoms with Gasteiger partial charge in [0.25, 0.3) is 10.2 Å². The molecule has 1 aliphatic rings. The van der Waals surface area contributed by atoms with Crippen LogP contribution in [0.25, 0.3) is 0 Å². The van der Waals surface area contributed by atoms with Crippen molar-refractivity contribution < 1.29 is 8.42 Å². The van der Waals surface area contributed by atoms with Crippen molar-refractivity contribution in [3.8, 4) is 0 Å². The number of hydrogen-bond donors (Lipinski definition) is 0. The molecule has 0 aromatic carbocycles. The summed E-state index contributed by atoms with van der Waals surface area (Å²) in [5.74, 6) is 0. The Kier molecular flexibility index (Phi) is 2.22. The van der Waals surface area contributed by atoms with E-state index in [2.05, 4.69) is 0 Å². The van der Waals surface area contributed by atoms with Crippen LogP contribution in [0.4, 0.5) is 0 Å². The van der Waals surface area contributed by atoms with Gasteiger partial charge in [-0.1, -0.05) is 0 Å². The lowest BCUT2D eigenvalue weighted by Crippen LogP contribution is -2.44. The van der Waals surface area contributed by atoms with Crippen molar-refractivity contribution >= 4 is 10.2 Å². The fourth-order valence-corrected chi connectivity index (χ4v) is 2.97. The van der Waals surface area contributed by atoms with Gasteiger partial charge < -0.3 is 0 Å². The molecule has 0 unspecified atom stereocenters. The summed E-state index contributed by atoms with van der Waals surface area (Å²) < 4.78 is 26.1. The molecule has 4 nitrogen and oxygen atoms in total. The summed E-state index contributed by atoms with van der Waals surface area (Å²) in [6.07, 6.45) is 0. The van der Waals surface area contributed by atoms with Crippen molar-refractivity contribution in [1.29, 1.82) is 0 Å². The van der Waals surface area contributed by atoms with E-state index in [4.69, 9.17) is 0 Å². The minimum absolute atomic E-state index is 0.302. The highest BCUT2D eigenvalue weighted by Gasteiger charge is 2.40. The quantitative estimate of drug-likeness (QED) is 0.553. The first-order chi connectivity index (χ1) is 5.26. The van der Waals surface area contributed by atoms with E-state index in [1.54, 1.807) is 7.05 Å². The Labute approximate surface area is 74.3 Å². The van der Waals surface area contributed by atoms with E-state index < -0.39 is 10.2 Å². The molecule has 0 aromatic rings. The van der Waals surface area contributed by atoms with Gasteiger partial charge in [0.05, 0.1) is 0 Å². The second kappa shape index (κ2) is 2.68. The Balaban J connectivity index is 2.98. The number of hydrogen-bond acceptors (Lipinski definition) is 2. The molecule has 5 heteroatoms. The largest absolute Gasteiger partial charge is 0.282 e. The van der Waals surface area contributed by atoms with Gasteiger partial charge in [0.2, 0.25) is 0 Å². The van der Waals surface area contributed by atoms with E-state index in [-0.39, 0.29) is 5.54 Å². The smallest absolute Gasteiger partial charge is 0.195 e. The van der Waals surface area contributed by atoms with Crippen molar-refractivity contribution in [3.63, 3.8) is 0 Å². The Bertz CT molecular complexity index is 266. The second-order valence-electron chi connectivity index (χ2n) is 4.07. The summed E-state index contributed by atoms with van der Waals surface area (Å²) in [5.41, 5.74) is -0.302. The Hall–Kier alpha value is -0.130. The van der Waals surface area contributed by atoms with Crippen LogP contribution in [-0.4, -0.2) is 42.7 Å². The Morgan fingerprint density at radius 3 is 1.83 bits per heavy atom. The zero-order chi connectivity index (χ0) is 9.57. The van der Waals surface area contributed by atoms with Gasteiger partial charge in [-0.3, -0.25) is 0 Å². The number of likely N-dealkylation sites (N-methyl/N-ethyl adjacent to an activating group) is 1. The normalized spacial score (nSPS) is 26.3. The van der Waals surface area contributed by atoms with Gasteiger partial charge in [-0.15, -0.1) is 0 Å². The average Bonchev–Trinajstić information content (AvgIpc) is 2.06. The van der Waals surface area contributed by atoms with E-state index >= 15 is 0 Å². The SMILES string of the molecule is CN1CCN(C(C)(C)C)S1(=O)=O. The molecule has 1 saturated heterocycles. The Morgan fingerprint density at radius 1 is 1.17 bits per heavy atom. The van der Waals surface area contributed by atoms with Gasteiger partial charge in [-0.05, 0) is 20.8 Å². The maximum atomic E-state index is 11.6. The lowest BCUT2D eigenvalue weighted by molar-refractivity contribution is 0.271. The van der Waals surface area contributed by atoms with Crippen molar-refractivity contribution in [2.75, 3.05) is 20.1 Å². The lowest BCUT2D eigenvalue weighted by Gasteiger charge is -2.29. The van der Waals surface area contributed by atoms with E-state index in [9.17, 15) is 8.42 Å². The molecule has 0 spiro atoms. The maximum absolute atomic E-state index is 11.6. The monoisotopic (exact) mass is 192 g/mol. The third-order valence-electron chi connectivity index (χ3n) is 2.04. The third kappa shape index (κ3) is 1.48. The molecule has 0 N–H and O–H groups in total. The van der Waals surface area contributed by atoms with Crippen LogP contribution in [-0.2, 0) is 10.2 Å². The molecule has 0 bridgehead atoms. The van der Waals surface area contributed by atoms with Gasteiger partial charge in [0.15, 0.2) is 0 Å². The molecular formula is C7H16N2O2S. The molecule has 1 rings (SSSR count). The van der Waals surface area contributed by atoms with E-state index in [1.165, 1.54) is 8.61 Å². The molecule has 72 valence electrons. The summed E-state index contributed by atoms with van der Waals surface area (Å²) in [5, 5.41) is 0. The second-order valence-corrected chi connectivity index (χ2v) is 6.03. The van der Waals surface area contributed by atoms with Crippen LogP contribution in [0.15, 0.2) is 0 Å². The van der Waals surface area contributed by atoms with Crippen LogP contribution in [0.2, 0.25) is 0 Å². The summed E-state index contributed by atoms with van der Waals surface area (Å²) >= 11 is 0. The molecule has 12 heavy (non-hydrogen) atoms. The summed E-state index contributed by atoms with van der Waals surface area (Å²) in [4.78, 5) is 0. The van der Waals surface area contributed by atoms with Crippen molar-refractivity contribution in [3.05, 3.63) is 0 Å². The summed E-state index contributed by atoms with van der Waals surface area (Å²) in [6, 6.07) is 0. The highest BCUT2D eigenvalue weighted by Crippen LogP contribution is 2.24. The maximum Gasteiger partial charge on any atom is 0.282 e. The van der Waals surface area contributed by atoms with Crippen LogP contribution in [0.3, 0.4) is 0 Å². The molecule has 1 aliphatic heterocycles. The molecular weight excluding hydrogens is 176 g/mol. The minimum Gasteiger partial charge on any atom is -0.195 e. The van der Waals surface area contributed by atoms with Crippen molar-refractivity contribution in [2.45, 2.75) is 26.3 Å². The highest BCUT2D eigenvalue weighted by molar-refractivity contribution is 7.87. The lowest BCUT2D eigenvalue weighted by atomic mass is 10.1.